The van der Waals surface area contributed by atoms with E-state index in [0.29, 0.717) is 16.9 Å². The topological polar surface area (TPSA) is 29.9 Å². The third-order valence-electron chi connectivity index (χ3n) is 3.19. The summed E-state index contributed by atoms with van der Waals surface area (Å²) in [6.07, 6.45) is 0. The van der Waals surface area contributed by atoms with Crippen LogP contribution in [0.3, 0.4) is 0 Å². The van der Waals surface area contributed by atoms with Gasteiger partial charge in [0.05, 0.1) is 12.1 Å². The Labute approximate surface area is 124 Å². The Kier molecular flexibility index (Phi) is 3.57. The Hall–Kier alpha value is -2.05. The molecule has 3 nitrogen and oxygen atoms in total. The van der Waals surface area contributed by atoms with E-state index in [4.69, 9.17) is 17.0 Å². The van der Waals surface area contributed by atoms with E-state index >= 15 is 0 Å². The van der Waals surface area contributed by atoms with Crippen molar-refractivity contribution in [2.75, 3.05) is 7.11 Å². The van der Waals surface area contributed by atoms with Crippen LogP contribution >= 0.6 is 12.2 Å². The summed E-state index contributed by atoms with van der Waals surface area (Å²) in [6.45, 7) is 0.451. The lowest BCUT2D eigenvalue weighted by Crippen LogP contribution is -1.97. The highest BCUT2D eigenvalue weighted by atomic mass is 32.1. The molecule has 1 aromatic heterocycles. The molecule has 0 aliphatic heterocycles. The predicted octanol–water partition coefficient (Wildman–Crippen LogP) is 4.11. The second-order valence-corrected chi connectivity index (χ2v) is 5.04. The van der Waals surface area contributed by atoms with E-state index in [1.807, 2.05) is 24.3 Å². The van der Waals surface area contributed by atoms with Crippen LogP contribution in [0, 0.1) is 16.4 Å². The van der Waals surface area contributed by atoms with Crippen molar-refractivity contribution >= 4 is 23.3 Å². The molecule has 0 spiro atoms. The smallest absolute Gasteiger partial charge is 0.182 e. The highest BCUT2D eigenvalue weighted by Gasteiger charge is 2.12. The summed E-state index contributed by atoms with van der Waals surface area (Å²) in [7, 11) is 1.61. The van der Waals surface area contributed by atoms with Crippen molar-refractivity contribution in [2.45, 2.75) is 6.61 Å². The summed E-state index contributed by atoms with van der Waals surface area (Å²) < 4.78 is 34.3. The Morgan fingerprint density at radius 3 is 2.81 bits per heavy atom. The SMILES string of the molecule is COCc1cccc(-n2c(=S)[nH]c3c(F)cc(F)cc32)c1. The first-order valence-corrected chi connectivity index (χ1v) is 6.69. The van der Waals surface area contributed by atoms with Crippen molar-refractivity contribution in [1.82, 2.24) is 9.55 Å². The maximum Gasteiger partial charge on any atom is 0.182 e. The molecule has 3 rings (SSSR count). The first kappa shape index (κ1) is 13.9. The van der Waals surface area contributed by atoms with Crippen LogP contribution < -0.4 is 0 Å². The van der Waals surface area contributed by atoms with Crippen LogP contribution in [0.5, 0.6) is 0 Å². The van der Waals surface area contributed by atoms with Gasteiger partial charge in [0.25, 0.3) is 0 Å². The van der Waals surface area contributed by atoms with Crippen LogP contribution in [0.1, 0.15) is 5.56 Å². The van der Waals surface area contributed by atoms with Gasteiger partial charge in [-0.15, -0.1) is 0 Å². The molecule has 0 unspecified atom stereocenters. The van der Waals surface area contributed by atoms with Gasteiger partial charge < -0.3 is 9.72 Å². The van der Waals surface area contributed by atoms with Crippen molar-refractivity contribution in [1.29, 1.82) is 0 Å². The third kappa shape index (κ3) is 2.48. The zero-order chi connectivity index (χ0) is 15.0. The number of H-pyrrole nitrogens is 1. The fourth-order valence-electron chi connectivity index (χ4n) is 2.34. The molecule has 1 N–H and O–H groups in total. The van der Waals surface area contributed by atoms with E-state index in [1.165, 1.54) is 6.07 Å². The largest absolute Gasteiger partial charge is 0.380 e. The zero-order valence-electron chi connectivity index (χ0n) is 11.2. The van der Waals surface area contributed by atoms with Gasteiger partial charge in [0.2, 0.25) is 0 Å². The zero-order valence-corrected chi connectivity index (χ0v) is 12.0. The van der Waals surface area contributed by atoms with Crippen molar-refractivity contribution in [3.8, 4) is 5.69 Å². The number of aromatic amines is 1. The van der Waals surface area contributed by atoms with Crippen LogP contribution in [0.25, 0.3) is 16.7 Å². The number of methoxy groups -OCH3 is 1. The maximum absolute atomic E-state index is 13.8. The number of benzene rings is 2. The predicted molar refractivity (Wildman–Crippen MR) is 79.1 cm³/mol. The molecule has 0 amide bonds. The lowest BCUT2D eigenvalue weighted by molar-refractivity contribution is 0.185. The van der Waals surface area contributed by atoms with Gasteiger partial charge in [-0.2, -0.15) is 0 Å². The van der Waals surface area contributed by atoms with Gasteiger partial charge in [0.15, 0.2) is 10.6 Å². The molecular weight excluding hydrogens is 294 g/mol. The number of nitrogens with one attached hydrogen (secondary N) is 1. The van der Waals surface area contributed by atoms with Crippen molar-refractivity contribution in [2.24, 2.45) is 0 Å². The molecule has 0 saturated heterocycles. The number of aromatic nitrogens is 2. The quantitative estimate of drug-likeness (QED) is 0.738. The van der Waals surface area contributed by atoms with Gasteiger partial charge in [-0.25, -0.2) is 8.78 Å². The number of hydrogen-bond acceptors (Lipinski definition) is 2. The second-order valence-electron chi connectivity index (χ2n) is 4.65. The minimum absolute atomic E-state index is 0.193. The molecule has 2 aromatic carbocycles. The molecule has 0 bridgehead atoms. The summed E-state index contributed by atoms with van der Waals surface area (Å²) in [5, 5.41) is 0. The molecule has 1 heterocycles. The average molecular weight is 306 g/mol. The van der Waals surface area contributed by atoms with Gasteiger partial charge in [-0.05, 0) is 29.9 Å². The molecule has 6 heteroatoms. The number of rotatable bonds is 3. The first-order chi connectivity index (χ1) is 10.1. The van der Waals surface area contributed by atoms with Gasteiger partial charge >= 0.3 is 0 Å². The average Bonchev–Trinajstić information content (AvgIpc) is 2.76. The lowest BCUT2D eigenvalue weighted by atomic mass is 10.2. The van der Waals surface area contributed by atoms with Crippen LogP contribution in [-0.4, -0.2) is 16.7 Å². The summed E-state index contributed by atoms with van der Waals surface area (Å²) >= 11 is 5.23. The van der Waals surface area contributed by atoms with Gasteiger partial charge in [-0.3, -0.25) is 4.57 Å². The highest BCUT2D eigenvalue weighted by Crippen LogP contribution is 2.23. The molecule has 0 aliphatic carbocycles. The van der Waals surface area contributed by atoms with Crippen molar-refractivity contribution in [3.05, 3.63) is 58.4 Å². The second kappa shape index (κ2) is 5.38. The van der Waals surface area contributed by atoms with E-state index in [9.17, 15) is 8.78 Å². The van der Waals surface area contributed by atoms with E-state index in [0.717, 1.165) is 17.3 Å². The fraction of sp³-hybridized carbons (Fsp3) is 0.133. The van der Waals surface area contributed by atoms with Crippen LogP contribution in [0.4, 0.5) is 8.78 Å². The summed E-state index contributed by atoms with van der Waals surface area (Å²) in [5.74, 6) is -1.31. The molecule has 0 atom stereocenters. The van der Waals surface area contributed by atoms with E-state index in [-0.39, 0.29) is 5.52 Å². The summed E-state index contributed by atoms with van der Waals surface area (Å²) in [5.41, 5.74) is 2.24. The van der Waals surface area contributed by atoms with Crippen LogP contribution in [-0.2, 0) is 11.3 Å². The van der Waals surface area contributed by atoms with Gasteiger partial charge in [-0.1, -0.05) is 12.1 Å². The van der Waals surface area contributed by atoms with Crippen LogP contribution in [0.2, 0.25) is 0 Å². The molecule has 0 fully saturated rings. The Morgan fingerprint density at radius 1 is 1.24 bits per heavy atom. The molecule has 3 aromatic rings. The number of ether oxygens (including phenoxy) is 1. The number of imidazole rings is 1. The molecular formula is C15H12F2N2OS. The fourth-order valence-corrected chi connectivity index (χ4v) is 2.65. The minimum atomic E-state index is -0.664. The first-order valence-electron chi connectivity index (χ1n) is 6.28. The molecule has 108 valence electrons. The normalized spacial score (nSPS) is 11.2. The standard InChI is InChI=1S/C15H12F2N2OS/c1-20-8-9-3-2-4-11(5-9)19-13-7-10(16)6-12(17)14(13)18-15(19)21/h2-7H,8H2,1H3,(H,18,21). The lowest BCUT2D eigenvalue weighted by Gasteiger charge is -2.07. The van der Waals surface area contributed by atoms with E-state index in [2.05, 4.69) is 4.98 Å². The van der Waals surface area contributed by atoms with E-state index < -0.39 is 11.6 Å². The number of halogens is 2. The monoisotopic (exact) mass is 306 g/mol. The Bertz CT molecular complexity index is 870. The van der Waals surface area contributed by atoms with E-state index in [1.54, 1.807) is 11.7 Å². The Balaban J connectivity index is 2.27. The summed E-state index contributed by atoms with van der Waals surface area (Å²) in [4.78, 5) is 2.78. The Morgan fingerprint density at radius 2 is 2.05 bits per heavy atom. The number of hydrogen-bond donors (Lipinski definition) is 1. The minimum Gasteiger partial charge on any atom is -0.380 e. The van der Waals surface area contributed by atoms with Crippen molar-refractivity contribution in [3.63, 3.8) is 0 Å². The molecule has 0 aliphatic rings. The van der Waals surface area contributed by atoms with Crippen LogP contribution in [0.15, 0.2) is 36.4 Å². The maximum atomic E-state index is 13.8. The van der Waals surface area contributed by atoms with Gasteiger partial charge in [0, 0.05) is 24.9 Å². The van der Waals surface area contributed by atoms with Crippen molar-refractivity contribution < 1.29 is 13.5 Å². The molecule has 0 radical (unpaired) electrons. The molecule has 0 saturated carbocycles. The van der Waals surface area contributed by atoms with Gasteiger partial charge in [0.1, 0.15) is 11.3 Å². The summed E-state index contributed by atoms with van der Waals surface area (Å²) in [6, 6.07) is 9.54. The number of fused-ring (bicyclic) bond motifs is 1. The highest BCUT2D eigenvalue weighted by molar-refractivity contribution is 7.71. The molecule has 21 heavy (non-hydrogen) atoms. The number of nitrogens with zero attached hydrogens (tertiary/aromatic N) is 1. The third-order valence-corrected chi connectivity index (χ3v) is 3.47.